The monoisotopic (exact) mass is 231 g/mol. The van der Waals surface area contributed by atoms with Gasteiger partial charge in [0.05, 0.1) is 0 Å². The molecule has 0 aliphatic rings. The van der Waals surface area contributed by atoms with Crippen LogP contribution in [-0.4, -0.2) is 14.2 Å². The molecule has 2 aromatic heterocycles. The molecule has 0 aromatic carbocycles. The molecule has 0 unspecified atom stereocenters. The first-order valence-electron chi connectivity index (χ1n) is 5.98. The lowest BCUT2D eigenvalue weighted by Crippen LogP contribution is -2.21. The lowest BCUT2D eigenvalue weighted by atomic mass is 10.2. The number of unbranched alkanes of at least 4 members (excludes halogenated alkanes) is 3. The van der Waals surface area contributed by atoms with Crippen LogP contribution in [0.1, 0.15) is 25.7 Å². The topological polar surface area (TPSA) is 39.3 Å². The molecule has 0 fully saturated rings. The first kappa shape index (κ1) is 11.6. The van der Waals surface area contributed by atoms with Gasteiger partial charge < -0.3 is 0 Å². The minimum Gasteiger partial charge on any atom is -0.250 e. The summed E-state index contributed by atoms with van der Waals surface area (Å²) in [6, 6.07) is 5.57. The fourth-order valence-electron chi connectivity index (χ4n) is 1.84. The quantitative estimate of drug-likeness (QED) is 0.565. The molecule has 0 atom stereocenters. The van der Waals surface area contributed by atoms with Gasteiger partial charge in [0.15, 0.2) is 5.65 Å². The summed E-state index contributed by atoms with van der Waals surface area (Å²) in [7, 11) is 0. The lowest BCUT2D eigenvalue weighted by Gasteiger charge is -1.98. The molecule has 2 heterocycles. The Morgan fingerprint density at radius 3 is 2.94 bits per heavy atom. The van der Waals surface area contributed by atoms with Crippen LogP contribution in [0.25, 0.3) is 5.65 Å². The van der Waals surface area contributed by atoms with Crippen molar-refractivity contribution in [3.05, 3.63) is 47.5 Å². The maximum atomic E-state index is 11.9. The van der Waals surface area contributed by atoms with Crippen LogP contribution in [0.15, 0.2) is 41.8 Å². The Bertz CT molecular complexity index is 553. The van der Waals surface area contributed by atoms with Crippen molar-refractivity contribution in [1.82, 2.24) is 14.2 Å². The van der Waals surface area contributed by atoms with E-state index in [1.165, 1.54) is 0 Å². The highest BCUT2D eigenvalue weighted by atomic mass is 16.2. The number of fused-ring (bicyclic) bond motifs is 1. The molecular weight excluding hydrogens is 214 g/mol. The average Bonchev–Trinajstić information content (AvgIpc) is 2.67. The van der Waals surface area contributed by atoms with Gasteiger partial charge in [-0.15, -0.1) is 11.7 Å². The summed E-state index contributed by atoms with van der Waals surface area (Å²) in [6.07, 6.45) is 7.94. The highest BCUT2D eigenvalue weighted by Crippen LogP contribution is 2.02. The Morgan fingerprint density at radius 2 is 2.18 bits per heavy atom. The van der Waals surface area contributed by atoms with Gasteiger partial charge in [-0.1, -0.05) is 18.6 Å². The molecule has 17 heavy (non-hydrogen) atoms. The number of aromatic nitrogens is 3. The minimum absolute atomic E-state index is 0.0516. The van der Waals surface area contributed by atoms with Crippen LogP contribution < -0.4 is 5.69 Å². The molecule has 0 aliphatic carbocycles. The van der Waals surface area contributed by atoms with Crippen molar-refractivity contribution in [2.45, 2.75) is 32.2 Å². The van der Waals surface area contributed by atoms with Crippen LogP contribution in [0.2, 0.25) is 0 Å². The van der Waals surface area contributed by atoms with Gasteiger partial charge in [-0.25, -0.2) is 9.48 Å². The Labute approximate surface area is 100 Å². The van der Waals surface area contributed by atoms with E-state index in [4.69, 9.17) is 0 Å². The number of hydrogen-bond donors (Lipinski definition) is 0. The Hall–Kier alpha value is -1.84. The Kier molecular flexibility index (Phi) is 3.75. The molecule has 0 N–H and O–H groups in total. The molecule has 0 spiro atoms. The van der Waals surface area contributed by atoms with E-state index in [1.807, 2.05) is 24.3 Å². The van der Waals surface area contributed by atoms with Crippen LogP contribution in [0.4, 0.5) is 0 Å². The molecule has 0 saturated heterocycles. The summed E-state index contributed by atoms with van der Waals surface area (Å²) in [5.74, 6) is 0. The van der Waals surface area contributed by atoms with Gasteiger partial charge in [0, 0.05) is 12.7 Å². The first-order chi connectivity index (χ1) is 8.33. The third-order valence-electron chi connectivity index (χ3n) is 2.77. The summed E-state index contributed by atoms with van der Waals surface area (Å²) < 4.78 is 3.12. The second-order valence-electron chi connectivity index (χ2n) is 4.07. The van der Waals surface area contributed by atoms with Crippen molar-refractivity contribution in [3.8, 4) is 0 Å². The predicted molar refractivity (Wildman–Crippen MR) is 68.1 cm³/mol. The number of allylic oxidation sites excluding steroid dienone is 1. The van der Waals surface area contributed by atoms with Crippen molar-refractivity contribution in [1.29, 1.82) is 0 Å². The summed E-state index contributed by atoms with van der Waals surface area (Å²) >= 11 is 0. The third kappa shape index (κ3) is 2.64. The summed E-state index contributed by atoms with van der Waals surface area (Å²) in [5, 5.41) is 4.28. The minimum atomic E-state index is -0.0516. The smallest absolute Gasteiger partial charge is 0.250 e. The molecule has 90 valence electrons. The Balaban J connectivity index is 2.01. The molecule has 0 bridgehead atoms. The van der Waals surface area contributed by atoms with Crippen LogP contribution in [0.5, 0.6) is 0 Å². The normalized spacial score (nSPS) is 10.8. The number of rotatable bonds is 6. The van der Waals surface area contributed by atoms with Gasteiger partial charge in [-0.2, -0.15) is 0 Å². The van der Waals surface area contributed by atoms with Crippen molar-refractivity contribution < 1.29 is 0 Å². The molecule has 0 saturated carbocycles. The number of nitrogens with zero attached hydrogens (tertiary/aromatic N) is 3. The van der Waals surface area contributed by atoms with Crippen LogP contribution in [0.3, 0.4) is 0 Å². The molecule has 0 amide bonds. The van der Waals surface area contributed by atoms with Crippen LogP contribution >= 0.6 is 0 Å². The molecule has 0 aliphatic heterocycles. The molecule has 2 rings (SSSR count). The van der Waals surface area contributed by atoms with Gasteiger partial charge in [0.2, 0.25) is 0 Å². The second-order valence-corrected chi connectivity index (χ2v) is 4.07. The van der Waals surface area contributed by atoms with E-state index in [-0.39, 0.29) is 5.69 Å². The first-order valence-corrected chi connectivity index (χ1v) is 5.98. The lowest BCUT2D eigenvalue weighted by molar-refractivity contribution is 0.532. The number of pyridine rings is 1. The fourth-order valence-corrected chi connectivity index (χ4v) is 1.84. The molecule has 4 nitrogen and oxygen atoms in total. The zero-order chi connectivity index (χ0) is 12.1. The van der Waals surface area contributed by atoms with E-state index in [9.17, 15) is 4.79 Å². The van der Waals surface area contributed by atoms with E-state index in [0.29, 0.717) is 12.2 Å². The summed E-state index contributed by atoms with van der Waals surface area (Å²) in [4.78, 5) is 11.9. The Morgan fingerprint density at radius 1 is 1.29 bits per heavy atom. The van der Waals surface area contributed by atoms with Crippen molar-refractivity contribution in [3.63, 3.8) is 0 Å². The van der Waals surface area contributed by atoms with Crippen molar-refractivity contribution in [2.75, 3.05) is 0 Å². The fraction of sp³-hybridized carbons (Fsp3) is 0.385. The zero-order valence-corrected chi connectivity index (χ0v) is 9.88. The standard InChI is InChI=1S/C13H17N3O/c1-2-3-4-5-7-11-16-13(17)15-10-8-6-9-12(15)14-16/h2,6,8-10H,1,3-5,7,11H2. The van der Waals surface area contributed by atoms with Crippen molar-refractivity contribution >= 4 is 5.65 Å². The largest absolute Gasteiger partial charge is 0.350 e. The van der Waals surface area contributed by atoms with Gasteiger partial charge in [-0.3, -0.25) is 4.40 Å². The molecule has 4 heteroatoms. The van der Waals surface area contributed by atoms with Gasteiger partial charge in [0.1, 0.15) is 0 Å². The maximum absolute atomic E-state index is 11.9. The average molecular weight is 231 g/mol. The van der Waals surface area contributed by atoms with E-state index < -0.39 is 0 Å². The van der Waals surface area contributed by atoms with Gasteiger partial charge in [0.25, 0.3) is 0 Å². The second kappa shape index (κ2) is 5.48. The summed E-state index contributed by atoms with van der Waals surface area (Å²) in [6.45, 7) is 4.38. The molecular formula is C13H17N3O. The van der Waals surface area contributed by atoms with E-state index >= 15 is 0 Å². The third-order valence-corrected chi connectivity index (χ3v) is 2.77. The van der Waals surface area contributed by atoms with E-state index in [1.54, 1.807) is 15.3 Å². The molecule has 0 radical (unpaired) electrons. The van der Waals surface area contributed by atoms with Gasteiger partial charge in [-0.05, 0) is 31.4 Å². The predicted octanol–water partition coefficient (Wildman–Crippen LogP) is 2.24. The highest BCUT2D eigenvalue weighted by molar-refractivity contribution is 5.35. The highest BCUT2D eigenvalue weighted by Gasteiger charge is 2.04. The summed E-state index contributed by atoms with van der Waals surface area (Å²) in [5.41, 5.74) is 0.660. The SMILES string of the molecule is C=CCCCCCn1nc2ccccn2c1=O. The number of aryl methyl sites for hydroxylation is 1. The molecule has 2 aromatic rings. The number of hydrogen-bond acceptors (Lipinski definition) is 2. The van der Waals surface area contributed by atoms with Crippen LogP contribution in [-0.2, 0) is 6.54 Å². The van der Waals surface area contributed by atoms with Crippen LogP contribution in [0, 0.1) is 0 Å². The van der Waals surface area contributed by atoms with E-state index in [2.05, 4.69) is 11.7 Å². The maximum Gasteiger partial charge on any atom is 0.350 e. The zero-order valence-electron chi connectivity index (χ0n) is 9.88. The van der Waals surface area contributed by atoms with Crippen molar-refractivity contribution in [2.24, 2.45) is 0 Å². The van der Waals surface area contributed by atoms with Gasteiger partial charge >= 0.3 is 5.69 Å². The van der Waals surface area contributed by atoms with E-state index in [0.717, 1.165) is 25.7 Å².